The first-order chi connectivity index (χ1) is 9.85. The summed E-state index contributed by atoms with van der Waals surface area (Å²) in [5.74, 6) is 0. The quantitative estimate of drug-likeness (QED) is 0.862. The molecule has 0 aliphatic heterocycles. The van der Waals surface area contributed by atoms with E-state index >= 15 is 0 Å². The SMILES string of the molecule is CS(=O)(=O)Nc1ccc(Cl)c(NCc2ccccc2Cl)c1. The van der Waals surface area contributed by atoms with Gasteiger partial charge >= 0.3 is 0 Å². The highest BCUT2D eigenvalue weighted by atomic mass is 35.5. The Bertz CT molecular complexity index is 748. The molecule has 0 bridgehead atoms. The van der Waals surface area contributed by atoms with Crippen molar-refractivity contribution in [2.75, 3.05) is 16.3 Å². The molecule has 0 aromatic heterocycles. The first kappa shape index (κ1) is 15.9. The lowest BCUT2D eigenvalue weighted by atomic mass is 10.2. The molecule has 112 valence electrons. The molecule has 0 radical (unpaired) electrons. The Hall–Kier alpha value is -1.43. The summed E-state index contributed by atoms with van der Waals surface area (Å²) in [5, 5.41) is 4.30. The number of sulfonamides is 1. The van der Waals surface area contributed by atoms with Gasteiger partial charge in [0, 0.05) is 11.6 Å². The van der Waals surface area contributed by atoms with E-state index in [0.29, 0.717) is 28.0 Å². The number of hydrogen-bond acceptors (Lipinski definition) is 3. The molecular weight excluding hydrogens is 331 g/mol. The number of hydrogen-bond donors (Lipinski definition) is 2. The first-order valence-corrected chi connectivity index (χ1v) is 8.74. The second-order valence-corrected chi connectivity index (χ2v) is 7.08. The van der Waals surface area contributed by atoms with Gasteiger partial charge in [-0.3, -0.25) is 4.72 Å². The maximum atomic E-state index is 11.2. The fraction of sp³-hybridized carbons (Fsp3) is 0.143. The molecule has 0 spiro atoms. The average molecular weight is 345 g/mol. The molecule has 0 fully saturated rings. The molecule has 0 heterocycles. The van der Waals surface area contributed by atoms with E-state index in [1.165, 1.54) is 0 Å². The molecule has 4 nitrogen and oxygen atoms in total. The van der Waals surface area contributed by atoms with Crippen LogP contribution in [-0.4, -0.2) is 14.7 Å². The summed E-state index contributed by atoms with van der Waals surface area (Å²) in [6.07, 6.45) is 1.10. The molecule has 2 rings (SSSR count). The molecule has 0 saturated heterocycles. The predicted molar refractivity (Wildman–Crippen MR) is 88.7 cm³/mol. The maximum absolute atomic E-state index is 11.2. The molecule has 0 saturated carbocycles. The van der Waals surface area contributed by atoms with Crippen LogP contribution in [0, 0.1) is 0 Å². The first-order valence-electron chi connectivity index (χ1n) is 6.10. The van der Waals surface area contributed by atoms with E-state index < -0.39 is 10.0 Å². The maximum Gasteiger partial charge on any atom is 0.229 e. The van der Waals surface area contributed by atoms with Crippen molar-refractivity contribution < 1.29 is 8.42 Å². The van der Waals surface area contributed by atoms with Crippen molar-refractivity contribution in [3.8, 4) is 0 Å². The van der Waals surface area contributed by atoms with Crippen LogP contribution in [0.1, 0.15) is 5.56 Å². The largest absolute Gasteiger partial charge is 0.380 e. The van der Waals surface area contributed by atoms with E-state index in [9.17, 15) is 8.42 Å². The zero-order valence-corrected chi connectivity index (χ0v) is 13.6. The third-order valence-electron chi connectivity index (χ3n) is 2.70. The fourth-order valence-corrected chi connectivity index (χ4v) is 2.71. The van der Waals surface area contributed by atoms with Crippen molar-refractivity contribution in [3.63, 3.8) is 0 Å². The minimum absolute atomic E-state index is 0.448. The number of benzene rings is 2. The van der Waals surface area contributed by atoms with Crippen molar-refractivity contribution in [2.24, 2.45) is 0 Å². The Morgan fingerprint density at radius 3 is 2.43 bits per heavy atom. The Morgan fingerprint density at radius 1 is 1.05 bits per heavy atom. The molecule has 0 aliphatic rings. The molecule has 2 aromatic carbocycles. The van der Waals surface area contributed by atoms with Crippen LogP contribution in [0.25, 0.3) is 0 Å². The highest BCUT2D eigenvalue weighted by Crippen LogP contribution is 2.27. The number of anilines is 2. The minimum atomic E-state index is -3.32. The van der Waals surface area contributed by atoms with E-state index in [2.05, 4.69) is 10.0 Å². The molecule has 2 aromatic rings. The third-order valence-corrected chi connectivity index (χ3v) is 4.00. The third kappa shape index (κ3) is 4.81. The smallest absolute Gasteiger partial charge is 0.229 e. The van der Waals surface area contributed by atoms with E-state index in [4.69, 9.17) is 23.2 Å². The van der Waals surface area contributed by atoms with Gasteiger partial charge in [-0.15, -0.1) is 0 Å². The molecule has 0 amide bonds. The van der Waals surface area contributed by atoms with Crippen LogP contribution in [0.2, 0.25) is 10.0 Å². The van der Waals surface area contributed by atoms with Crippen LogP contribution in [0.4, 0.5) is 11.4 Å². The van der Waals surface area contributed by atoms with E-state index in [1.54, 1.807) is 18.2 Å². The second-order valence-electron chi connectivity index (χ2n) is 4.51. The predicted octanol–water partition coefficient (Wildman–Crippen LogP) is 3.98. The number of rotatable bonds is 5. The number of halogens is 2. The van der Waals surface area contributed by atoms with Crippen LogP contribution in [0.5, 0.6) is 0 Å². The monoisotopic (exact) mass is 344 g/mol. The molecule has 7 heteroatoms. The summed E-state index contributed by atoms with van der Waals surface area (Å²) >= 11 is 12.2. The highest BCUT2D eigenvalue weighted by Gasteiger charge is 2.06. The molecule has 0 unspecified atom stereocenters. The van der Waals surface area contributed by atoms with Crippen LogP contribution in [-0.2, 0) is 16.6 Å². The number of nitrogens with one attached hydrogen (secondary N) is 2. The zero-order chi connectivity index (χ0) is 15.5. The van der Waals surface area contributed by atoms with Crippen molar-refractivity contribution >= 4 is 44.6 Å². The standard InChI is InChI=1S/C14H14Cl2N2O2S/c1-21(19,20)18-11-6-7-13(16)14(8-11)17-9-10-4-2-3-5-12(10)15/h2-8,17-18H,9H2,1H3. The van der Waals surface area contributed by atoms with Gasteiger partial charge in [0.2, 0.25) is 10.0 Å². The summed E-state index contributed by atoms with van der Waals surface area (Å²) in [4.78, 5) is 0. The molecule has 0 aliphatic carbocycles. The zero-order valence-electron chi connectivity index (χ0n) is 11.2. The Balaban J connectivity index is 2.16. The highest BCUT2D eigenvalue weighted by molar-refractivity contribution is 7.92. The van der Waals surface area contributed by atoms with Gasteiger partial charge in [0.1, 0.15) is 0 Å². The van der Waals surface area contributed by atoms with Gasteiger partial charge in [-0.1, -0.05) is 41.4 Å². The summed E-state index contributed by atoms with van der Waals surface area (Å²) in [6.45, 7) is 0.488. The van der Waals surface area contributed by atoms with Crippen molar-refractivity contribution in [3.05, 3.63) is 58.1 Å². The molecule has 21 heavy (non-hydrogen) atoms. The van der Waals surface area contributed by atoms with Crippen LogP contribution in [0.15, 0.2) is 42.5 Å². The summed E-state index contributed by atoms with van der Waals surface area (Å²) in [6, 6.07) is 12.3. The Labute approximate surface area is 134 Å². The van der Waals surface area contributed by atoms with Crippen LogP contribution >= 0.6 is 23.2 Å². The van der Waals surface area contributed by atoms with E-state index in [0.717, 1.165) is 11.8 Å². The van der Waals surface area contributed by atoms with Gasteiger partial charge in [-0.25, -0.2) is 8.42 Å². The summed E-state index contributed by atoms with van der Waals surface area (Å²) in [7, 11) is -3.32. The van der Waals surface area contributed by atoms with Gasteiger partial charge in [-0.2, -0.15) is 0 Å². The minimum Gasteiger partial charge on any atom is -0.380 e. The summed E-state index contributed by atoms with van der Waals surface area (Å²) in [5.41, 5.74) is 2.01. The van der Waals surface area contributed by atoms with Crippen LogP contribution in [0.3, 0.4) is 0 Å². The van der Waals surface area contributed by atoms with Crippen molar-refractivity contribution in [1.82, 2.24) is 0 Å². The van der Waals surface area contributed by atoms with Crippen molar-refractivity contribution in [1.29, 1.82) is 0 Å². The van der Waals surface area contributed by atoms with Crippen molar-refractivity contribution in [2.45, 2.75) is 6.54 Å². The molecule has 0 atom stereocenters. The van der Waals surface area contributed by atoms with Gasteiger partial charge in [0.25, 0.3) is 0 Å². The summed E-state index contributed by atoms with van der Waals surface area (Å²) < 4.78 is 24.9. The molecule has 2 N–H and O–H groups in total. The van der Waals surface area contributed by atoms with Gasteiger partial charge in [0.05, 0.1) is 22.7 Å². The normalized spacial score (nSPS) is 11.2. The average Bonchev–Trinajstić information content (AvgIpc) is 2.39. The topological polar surface area (TPSA) is 58.2 Å². The lowest BCUT2D eigenvalue weighted by Crippen LogP contribution is -2.10. The molecular formula is C14H14Cl2N2O2S. The Morgan fingerprint density at radius 2 is 1.76 bits per heavy atom. The Kier molecular flexibility index (Phi) is 4.98. The van der Waals surface area contributed by atoms with E-state index in [1.807, 2.05) is 24.3 Å². The van der Waals surface area contributed by atoms with Gasteiger partial charge < -0.3 is 5.32 Å². The van der Waals surface area contributed by atoms with Gasteiger partial charge in [-0.05, 0) is 29.8 Å². The van der Waals surface area contributed by atoms with Crippen LogP contribution < -0.4 is 10.0 Å². The fourth-order valence-electron chi connectivity index (χ4n) is 1.77. The van der Waals surface area contributed by atoms with E-state index in [-0.39, 0.29) is 0 Å². The lowest BCUT2D eigenvalue weighted by molar-refractivity contribution is 0.607. The van der Waals surface area contributed by atoms with Gasteiger partial charge in [0.15, 0.2) is 0 Å². The second kappa shape index (κ2) is 6.56. The lowest BCUT2D eigenvalue weighted by Gasteiger charge is -2.12.